The van der Waals surface area contributed by atoms with E-state index in [0.29, 0.717) is 22.1 Å². The predicted octanol–water partition coefficient (Wildman–Crippen LogP) is 3.81. The summed E-state index contributed by atoms with van der Waals surface area (Å²) >= 11 is 5.90. The van der Waals surface area contributed by atoms with Gasteiger partial charge in [-0.15, -0.1) is 0 Å². The number of carbonyl (C=O) groups is 1. The highest BCUT2D eigenvalue weighted by molar-refractivity contribution is 6.31. The zero-order valence-electron chi connectivity index (χ0n) is 10.6. The quantitative estimate of drug-likeness (QED) is 0.687. The largest absolute Gasteiger partial charge is 0.464 e. The molecule has 0 bridgehead atoms. The van der Waals surface area contributed by atoms with E-state index >= 15 is 0 Å². The highest BCUT2D eigenvalue weighted by Crippen LogP contribution is 2.23. The minimum absolute atomic E-state index is 0.277. The summed E-state index contributed by atoms with van der Waals surface area (Å²) < 4.78 is 5.60. The molecule has 0 aliphatic rings. The number of hydrogen-bond acceptors (Lipinski definition) is 3. The van der Waals surface area contributed by atoms with E-state index in [1.807, 2.05) is 0 Å². The fourth-order valence-electron chi connectivity index (χ4n) is 1.67. The normalized spacial score (nSPS) is 11.8. The number of halogens is 1. The first-order chi connectivity index (χ1) is 9.01. The number of nitrogens with zero attached hydrogens (tertiary/aromatic N) is 2. The van der Waals surface area contributed by atoms with Crippen LogP contribution in [0.3, 0.4) is 0 Å². The van der Waals surface area contributed by atoms with Gasteiger partial charge in [-0.2, -0.15) is 10.1 Å². The molecule has 0 aliphatic heterocycles. The number of furan rings is 1. The highest BCUT2D eigenvalue weighted by atomic mass is 35.5. The van der Waals surface area contributed by atoms with Gasteiger partial charge in [0.05, 0.1) is 0 Å². The molecule has 5 nitrogen and oxygen atoms in total. The number of amides is 1. The zero-order valence-corrected chi connectivity index (χ0v) is 11.3. The molecule has 6 heteroatoms. The second-order valence-electron chi connectivity index (χ2n) is 3.98. The van der Waals surface area contributed by atoms with Gasteiger partial charge < -0.3 is 9.52 Å². The summed E-state index contributed by atoms with van der Waals surface area (Å²) in [5, 5.41) is 15.4. The Bertz CT molecular complexity index is 648. The van der Waals surface area contributed by atoms with Crippen molar-refractivity contribution in [2.45, 2.75) is 13.8 Å². The van der Waals surface area contributed by atoms with Crippen LogP contribution in [0.15, 0.2) is 33.8 Å². The van der Waals surface area contributed by atoms with Crippen LogP contribution in [0.5, 0.6) is 0 Å². The summed E-state index contributed by atoms with van der Waals surface area (Å²) in [6.45, 7) is 3.69. The van der Waals surface area contributed by atoms with Crippen LogP contribution in [0.4, 0.5) is 4.79 Å². The van der Waals surface area contributed by atoms with Crippen LogP contribution in [0, 0.1) is 0 Å². The van der Waals surface area contributed by atoms with Crippen LogP contribution in [-0.2, 0) is 0 Å². The minimum atomic E-state index is -1.10. The fourth-order valence-corrected chi connectivity index (χ4v) is 1.85. The van der Waals surface area contributed by atoms with E-state index in [2.05, 4.69) is 5.10 Å². The molecular formula is C13H13ClN2O3. The lowest BCUT2D eigenvalue weighted by atomic mass is 10.2. The summed E-state index contributed by atoms with van der Waals surface area (Å²) in [4.78, 5) is 10.9. The number of hydrogen-bond donors (Lipinski definition) is 1. The van der Waals surface area contributed by atoms with E-state index in [-0.39, 0.29) is 6.54 Å². The number of hydrazone groups is 1. The molecule has 19 heavy (non-hydrogen) atoms. The molecule has 0 atom stereocenters. The highest BCUT2D eigenvalue weighted by Gasteiger charge is 2.11. The number of fused-ring (bicyclic) bond motifs is 1. The Morgan fingerprint density at radius 3 is 2.84 bits per heavy atom. The maximum Gasteiger partial charge on any atom is 0.427 e. The Kier molecular flexibility index (Phi) is 3.76. The first-order valence-corrected chi connectivity index (χ1v) is 6.14. The van der Waals surface area contributed by atoms with Gasteiger partial charge in [0.15, 0.2) is 5.76 Å². The summed E-state index contributed by atoms with van der Waals surface area (Å²) in [5.74, 6) is 0.525. The molecule has 1 aromatic heterocycles. The molecular weight excluding hydrogens is 268 g/mol. The summed E-state index contributed by atoms with van der Waals surface area (Å²) in [6.07, 6.45) is -1.10. The number of benzene rings is 1. The van der Waals surface area contributed by atoms with Crippen molar-refractivity contribution in [3.63, 3.8) is 0 Å². The third-order valence-electron chi connectivity index (χ3n) is 2.63. The average Bonchev–Trinajstić information content (AvgIpc) is 2.78. The Hall–Kier alpha value is -2.01. The lowest BCUT2D eigenvalue weighted by molar-refractivity contribution is 0.149. The molecule has 100 valence electrons. The Balaban J connectivity index is 2.38. The van der Waals surface area contributed by atoms with Gasteiger partial charge in [0.2, 0.25) is 0 Å². The summed E-state index contributed by atoms with van der Waals surface area (Å²) in [6, 6.07) is 7.07. The van der Waals surface area contributed by atoms with Crippen LogP contribution >= 0.6 is 11.6 Å². The minimum Gasteiger partial charge on any atom is -0.464 e. The Morgan fingerprint density at radius 1 is 1.47 bits per heavy atom. The van der Waals surface area contributed by atoms with Crippen molar-refractivity contribution in [3.05, 3.63) is 35.0 Å². The molecule has 1 amide bonds. The molecule has 0 unspecified atom stereocenters. The molecule has 2 aromatic rings. The molecule has 0 radical (unpaired) electrons. The van der Waals surface area contributed by atoms with Crippen molar-refractivity contribution in [1.82, 2.24) is 5.01 Å². The van der Waals surface area contributed by atoms with Crippen molar-refractivity contribution in [1.29, 1.82) is 0 Å². The summed E-state index contributed by atoms with van der Waals surface area (Å²) in [7, 11) is 0. The summed E-state index contributed by atoms with van der Waals surface area (Å²) in [5.41, 5.74) is 1.18. The van der Waals surface area contributed by atoms with Crippen LogP contribution in [0.25, 0.3) is 11.0 Å². The van der Waals surface area contributed by atoms with Gasteiger partial charge in [-0.05, 0) is 38.1 Å². The molecule has 2 rings (SSSR count). The van der Waals surface area contributed by atoms with E-state index in [0.717, 1.165) is 10.4 Å². The molecule has 1 aromatic carbocycles. The third-order valence-corrected chi connectivity index (χ3v) is 2.86. The molecule has 0 saturated carbocycles. The van der Waals surface area contributed by atoms with Crippen molar-refractivity contribution in [2.24, 2.45) is 5.10 Å². The van der Waals surface area contributed by atoms with Crippen molar-refractivity contribution >= 4 is 34.4 Å². The topological polar surface area (TPSA) is 66.0 Å². The van der Waals surface area contributed by atoms with Gasteiger partial charge in [0.25, 0.3) is 0 Å². The van der Waals surface area contributed by atoms with E-state index in [1.165, 1.54) is 0 Å². The van der Waals surface area contributed by atoms with Crippen LogP contribution in [0.2, 0.25) is 5.02 Å². The molecule has 0 spiro atoms. The van der Waals surface area contributed by atoms with Crippen molar-refractivity contribution < 1.29 is 14.3 Å². The monoisotopic (exact) mass is 280 g/mol. The first kappa shape index (κ1) is 13.4. The van der Waals surface area contributed by atoms with Crippen molar-refractivity contribution in [2.75, 3.05) is 6.54 Å². The van der Waals surface area contributed by atoms with Gasteiger partial charge in [-0.3, -0.25) is 0 Å². The van der Waals surface area contributed by atoms with E-state index in [4.69, 9.17) is 21.1 Å². The Labute approximate surface area is 115 Å². The van der Waals surface area contributed by atoms with Crippen molar-refractivity contribution in [3.8, 4) is 0 Å². The lowest BCUT2D eigenvalue weighted by Crippen LogP contribution is -2.24. The second-order valence-corrected chi connectivity index (χ2v) is 4.41. The zero-order chi connectivity index (χ0) is 14.0. The molecule has 0 aliphatic carbocycles. The van der Waals surface area contributed by atoms with E-state index < -0.39 is 6.09 Å². The van der Waals surface area contributed by atoms with Crippen LogP contribution in [-0.4, -0.2) is 28.5 Å². The second kappa shape index (κ2) is 5.32. The van der Waals surface area contributed by atoms with E-state index in [9.17, 15) is 4.79 Å². The predicted molar refractivity (Wildman–Crippen MR) is 73.8 cm³/mol. The van der Waals surface area contributed by atoms with Gasteiger partial charge in [-0.1, -0.05) is 11.6 Å². The van der Waals surface area contributed by atoms with E-state index in [1.54, 1.807) is 38.1 Å². The van der Waals surface area contributed by atoms with Crippen LogP contribution in [0.1, 0.15) is 19.6 Å². The fraction of sp³-hybridized carbons (Fsp3) is 0.231. The molecule has 0 fully saturated rings. The standard InChI is InChI=1S/C13H13ClN2O3/c1-3-16(13(17)18)15-8(2)12-7-9-6-10(14)4-5-11(9)19-12/h4-7H,3H2,1-2H3,(H,17,18)/b15-8-. The van der Waals surface area contributed by atoms with Gasteiger partial charge >= 0.3 is 6.09 Å². The lowest BCUT2D eigenvalue weighted by Gasteiger charge is -2.10. The average molecular weight is 281 g/mol. The van der Waals surface area contributed by atoms with Gasteiger partial charge in [-0.25, -0.2) is 4.79 Å². The first-order valence-electron chi connectivity index (χ1n) is 5.76. The maximum absolute atomic E-state index is 10.9. The molecule has 1 N–H and O–H groups in total. The SMILES string of the molecule is CCN(/N=C(/C)c1cc2cc(Cl)ccc2o1)C(=O)O. The number of carboxylic acid groups (broad SMARTS) is 1. The van der Waals surface area contributed by atoms with Crippen LogP contribution < -0.4 is 0 Å². The molecule has 0 saturated heterocycles. The smallest absolute Gasteiger partial charge is 0.427 e. The van der Waals surface area contributed by atoms with Gasteiger partial charge in [0.1, 0.15) is 11.3 Å². The number of rotatable bonds is 3. The third kappa shape index (κ3) is 2.88. The maximum atomic E-state index is 10.9. The molecule has 1 heterocycles. The van der Waals surface area contributed by atoms with Gasteiger partial charge in [0, 0.05) is 17.0 Å². The Morgan fingerprint density at radius 2 is 2.21 bits per heavy atom.